The normalized spacial score (nSPS) is 21.5. The zero-order valence-electron chi connectivity index (χ0n) is 12.2. The molecule has 1 aromatic rings. The quantitative estimate of drug-likeness (QED) is 0.844. The van der Waals surface area contributed by atoms with Gasteiger partial charge in [0.15, 0.2) is 11.6 Å². The van der Waals surface area contributed by atoms with Crippen LogP contribution in [-0.4, -0.2) is 66.7 Å². The predicted octanol–water partition coefficient (Wildman–Crippen LogP) is 0.346. The zero-order chi connectivity index (χ0) is 14.8. The monoisotopic (exact) mass is 302 g/mol. The molecule has 0 saturated carbocycles. The van der Waals surface area contributed by atoms with Gasteiger partial charge in [0.25, 0.3) is 0 Å². The van der Waals surface area contributed by atoms with E-state index in [1.54, 1.807) is 0 Å². The van der Waals surface area contributed by atoms with Crippen LogP contribution in [0.3, 0.4) is 0 Å². The minimum Gasteiger partial charge on any atom is -0.368 e. The molecule has 0 spiro atoms. The van der Waals surface area contributed by atoms with Gasteiger partial charge in [0, 0.05) is 31.8 Å². The van der Waals surface area contributed by atoms with E-state index < -0.39 is 9.84 Å². The molecular formula is C12H22N4O3S. The Balaban J connectivity index is 1.95. The Labute approximate surface area is 119 Å². The molecule has 0 radical (unpaired) electrons. The molecule has 1 fully saturated rings. The highest BCUT2D eigenvalue weighted by Gasteiger charge is 2.25. The number of nitrogens with one attached hydrogen (secondary N) is 1. The van der Waals surface area contributed by atoms with Crippen LogP contribution in [0.1, 0.15) is 37.5 Å². The Kier molecular flexibility index (Phi) is 4.77. The van der Waals surface area contributed by atoms with E-state index in [1.807, 2.05) is 13.8 Å². The molecular weight excluding hydrogens is 280 g/mol. The lowest BCUT2D eigenvalue weighted by atomic mass is 10.2. The third-order valence-corrected chi connectivity index (χ3v) is 4.19. The van der Waals surface area contributed by atoms with Crippen LogP contribution >= 0.6 is 0 Å². The van der Waals surface area contributed by atoms with Gasteiger partial charge in [-0.3, -0.25) is 10.00 Å². The lowest BCUT2D eigenvalue weighted by Gasteiger charge is -2.31. The smallest absolute Gasteiger partial charge is 0.155 e. The second kappa shape index (κ2) is 6.19. The highest BCUT2D eigenvalue weighted by atomic mass is 32.2. The number of ether oxygens (including phenoxy) is 1. The van der Waals surface area contributed by atoms with Gasteiger partial charge in [-0.1, -0.05) is 13.8 Å². The number of hydrogen-bond donors (Lipinski definition) is 1. The molecule has 1 aromatic heterocycles. The van der Waals surface area contributed by atoms with Crippen molar-refractivity contribution in [2.45, 2.75) is 25.9 Å². The molecule has 7 nitrogen and oxygen atoms in total. The van der Waals surface area contributed by atoms with Gasteiger partial charge in [-0.2, -0.15) is 5.10 Å². The molecule has 114 valence electrons. The van der Waals surface area contributed by atoms with E-state index >= 15 is 0 Å². The molecule has 0 aliphatic carbocycles. The molecule has 1 aliphatic rings. The molecule has 0 aromatic carbocycles. The van der Waals surface area contributed by atoms with Gasteiger partial charge >= 0.3 is 0 Å². The standard InChI is InChI=1S/C12H22N4O3S/c1-9(2)11-13-12(15-14-11)10-8-16(4-6-19-10)5-7-20(3,17)18/h9-10H,4-8H2,1-3H3,(H,13,14,15). The number of morpholine rings is 1. The molecule has 1 aliphatic heterocycles. The number of hydrogen-bond acceptors (Lipinski definition) is 6. The summed E-state index contributed by atoms with van der Waals surface area (Å²) in [6.45, 7) is 6.57. The van der Waals surface area contributed by atoms with Crippen LogP contribution in [0.15, 0.2) is 0 Å². The van der Waals surface area contributed by atoms with E-state index in [-0.39, 0.29) is 17.8 Å². The number of sulfone groups is 1. The van der Waals surface area contributed by atoms with E-state index in [0.29, 0.717) is 19.7 Å². The van der Waals surface area contributed by atoms with E-state index in [0.717, 1.165) is 18.2 Å². The van der Waals surface area contributed by atoms with Crippen molar-refractivity contribution in [2.24, 2.45) is 0 Å². The summed E-state index contributed by atoms with van der Waals surface area (Å²) in [5.41, 5.74) is 0. The Morgan fingerprint density at radius 2 is 2.25 bits per heavy atom. The molecule has 2 rings (SSSR count). The lowest BCUT2D eigenvalue weighted by molar-refractivity contribution is -0.0321. The fourth-order valence-corrected chi connectivity index (χ4v) is 2.65. The lowest BCUT2D eigenvalue weighted by Crippen LogP contribution is -2.41. The molecule has 1 N–H and O–H groups in total. The second-order valence-corrected chi connectivity index (χ2v) is 7.78. The molecule has 0 bridgehead atoms. The Hall–Kier alpha value is -0.990. The van der Waals surface area contributed by atoms with E-state index in [9.17, 15) is 8.42 Å². The third-order valence-electron chi connectivity index (χ3n) is 3.27. The second-order valence-electron chi connectivity index (χ2n) is 5.52. The average molecular weight is 302 g/mol. The van der Waals surface area contributed by atoms with Gasteiger partial charge < -0.3 is 4.74 Å². The van der Waals surface area contributed by atoms with Gasteiger partial charge in [-0.25, -0.2) is 13.4 Å². The minimum atomic E-state index is -2.93. The highest BCUT2D eigenvalue weighted by Crippen LogP contribution is 2.20. The van der Waals surface area contributed by atoms with Gasteiger partial charge in [-0.15, -0.1) is 0 Å². The van der Waals surface area contributed by atoms with Crippen molar-refractivity contribution in [1.82, 2.24) is 20.1 Å². The summed E-state index contributed by atoms with van der Waals surface area (Å²) in [6.07, 6.45) is 1.10. The fourth-order valence-electron chi connectivity index (χ4n) is 2.06. The third kappa shape index (κ3) is 4.26. The van der Waals surface area contributed by atoms with Crippen molar-refractivity contribution in [3.8, 4) is 0 Å². The summed E-state index contributed by atoms with van der Waals surface area (Å²) in [7, 11) is -2.93. The number of aromatic amines is 1. The first-order valence-electron chi connectivity index (χ1n) is 6.79. The summed E-state index contributed by atoms with van der Waals surface area (Å²) in [6, 6.07) is 0. The van der Waals surface area contributed by atoms with Crippen LogP contribution in [0.4, 0.5) is 0 Å². The summed E-state index contributed by atoms with van der Waals surface area (Å²) < 4.78 is 28.1. The van der Waals surface area contributed by atoms with E-state index in [2.05, 4.69) is 20.1 Å². The number of H-pyrrole nitrogens is 1. The first-order valence-corrected chi connectivity index (χ1v) is 8.85. The predicted molar refractivity (Wildman–Crippen MR) is 75.3 cm³/mol. The molecule has 1 atom stereocenters. The largest absolute Gasteiger partial charge is 0.368 e. The molecule has 8 heteroatoms. The SMILES string of the molecule is CC(C)c1n[nH]c(C2CN(CCS(C)(=O)=O)CCO2)n1. The van der Waals surface area contributed by atoms with Crippen LogP contribution in [0.5, 0.6) is 0 Å². The Morgan fingerprint density at radius 1 is 1.50 bits per heavy atom. The summed E-state index contributed by atoms with van der Waals surface area (Å²) in [5.74, 6) is 1.94. The van der Waals surface area contributed by atoms with E-state index in [1.165, 1.54) is 6.26 Å². The molecule has 0 amide bonds. The molecule has 1 unspecified atom stereocenters. The van der Waals surface area contributed by atoms with Crippen molar-refractivity contribution in [2.75, 3.05) is 38.2 Å². The van der Waals surface area contributed by atoms with Gasteiger partial charge in [0.2, 0.25) is 0 Å². The minimum absolute atomic E-state index is 0.164. The van der Waals surface area contributed by atoms with Crippen molar-refractivity contribution < 1.29 is 13.2 Å². The molecule has 2 heterocycles. The van der Waals surface area contributed by atoms with Crippen LogP contribution in [0.25, 0.3) is 0 Å². The van der Waals surface area contributed by atoms with Crippen molar-refractivity contribution >= 4 is 9.84 Å². The van der Waals surface area contributed by atoms with Crippen LogP contribution in [0.2, 0.25) is 0 Å². The Bertz CT molecular complexity index is 541. The van der Waals surface area contributed by atoms with Crippen LogP contribution in [-0.2, 0) is 14.6 Å². The van der Waals surface area contributed by atoms with Gasteiger partial charge in [0.1, 0.15) is 15.9 Å². The van der Waals surface area contributed by atoms with Gasteiger partial charge in [0.05, 0.1) is 12.4 Å². The summed E-state index contributed by atoms with van der Waals surface area (Å²) >= 11 is 0. The highest BCUT2D eigenvalue weighted by molar-refractivity contribution is 7.90. The number of rotatable bonds is 5. The maximum Gasteiger partial charge on any atom is 0.155 e. The van der Waals surface area contributed by atoms with Crippen LogP contribution < -0.4 is 0 Å². The molecule has 20 heavy (non-hydrogen) atoms. The van der Waals surface area contributed by atoms with Gasteiger partial charge in [-0.05, 0) is 0 Å². The average Bonchev–Trinajstić information content (AvgIpc) is 2.86. The van der Waals surface area contributed by atoms with Crippen molar-refractivity contribution in [1.29, 1.82) is 0 Å². The van der Waals surface area contributed by atoms with Crippen LogP contribution in [0, 0.1) is 0 Å². The summed E-state index contributed by atoms with van der Waals surface area (Å²) in [5, 5.41) is 7.09. The topological polar surface area (TPSA) is 88.2 Å². The number of aromatic nitrogens is 3. The summed E-state index contributed by atoms with van der Waals surface area (Å²) in [4.78, 5) is 6.53. The maximum atomic E-state index is 11.2. The first kappa shape index (κ1) is 15.4. The molecule has 1 saturated heterocycles. The number of nitrogens with zero attached hydrogens (tertiary/aromatic N) is 3. The zero-order valence-corrected chi connectivity index (χ0v) is 13.0. The Morgan fingerprint density at radius 3 is 2.85 bits per heavy atom. The van der Waals surface area contributed by atoms with Crippen molar-refractivity contribution in [3.63, 3.8) is 0 Å². The van der Waals surface area contributed by atoms with E-state index in [4.69, 9.17) is 4.74 Å². The van der Waals surface area contributed by atoms with Crippen molar-refractivity contribution in [3.05, 3.63) is 11.6 Å². The fraction of sp³-hybridized carbons (Fsp3) is 0.833. The first-order chi connectivity index (χ1) is 9.35. The maximum absolute atomic E-state index is 11.2.